The van der Waals surface area contributed by atoms with E-state index in [2.05, 4.69) is 15.3 Å². The Morgan fingerprint density at radius 2 is 2.26 bits per heavy atom. The fourth-order valence-corrected chi connectivity index (χ4v) is 4.67. The van der Waals surface area contributed by atoms with E-state index in [0.717, 1.165) is 22.4 Å². The fourth-order valence-electron chi connectivity index (χ4n) is 2.89. The molecular weight excluding hydrogens is 384 g/mol. The monoisotopic (exact) mass is 402 g/mol. The highest BCUT2D eigenvalue weighted by molar-refractivity contribution is 7.22. The Morgan fingerprint density at radius 1 is 1.37 bits per heavy atom. The molecule has 1 saturated heterocycles. The molecule has 0 atom stereocenters. The van der Waals surface area contributed by atoms with Crippen molar-refractivity contribution in [3.8, 4) is 5.75 Å². The number of hydrogen-bond donors (Lipinski definition) is 1. The highest BCUT2D eigenvalue weighted by atomic mass is 32.1. The lowest BCUT2D eigenvalue weighted by atomic mass is 10.3. The first kappa shape index (κ1) is 17.9. The minimum atomic E-state index is -0.177. The number of carbonyl (C=O) groups is 2. The predicted molar refractivity (Wildman–Crippen MR) is 107 cm³/mol. The third-order valence-corrected chi connectivity index (χ3v) is 5.95. The van der Waals surface area contributed by atoms with Crippen molar-refractivity contribution in [2.75, 3.05) is 23.4 Å². The zero-order valence-electron chi connectivity index (χ0n) is 14.7. The average Bonchev–Trinajstić information content (AvgIpc) is 3.34. The zero-order chi connectivity index (χ0) is 18.8. The molecule has 2 aromatic heterocycles. The normalized spacial score (nSPS) is 14.1. The van der Waals surface area contributed by atoms with Crippen molar-refractivity contribution in [1.29, 1.82) is 0 Å². The molecule has 9 heteroatoms. The van der Waals surface area contributed by atoms with E-state index < -0.39 is 0 Å². The number of rotatable bonds is 6. The van der Waals surface area contributed by atoms with Crippen molar-refractivity contribution in [2.45, 2.75) is 26.2 Å². The summed E-state index contributed by atoms with van der Waals surface area (Å²) in [4.78, 5) is 34.7. The first-order valence-electron chi connectivity index (χ1n) is 8.70. The molecule has 0 spiro atoms. The van der Waals surface area contributed by atoms with Crippen molar-refractivity contribution in [2.24, 2.45) is 0 Å². The number of amides is 2. The minimum Gasteiger partial charge on any atom is -0.494 e. The van der Waals surface area contributed by atoms with Crippen LogP contribution >= 0.6 is 22.7 Å². The number of fused-ring (bicyclic) bond motifs is 1. The van der Waals surface area contributed by atoms with Gasteiger partial charge in [-0.1, -0.05) is 11.3 Å². The minimum absolute atomic E-state index is 0.0984. The standard InChI is InChI=1S/C18H18N4O3S2/c1-2-25-12-5-6-13-14(9-12)27-17(20-13)21-15(23)8-11-10-26-18(19-11)22-7-3-4-16(22)24/h5-6,9-10H,2-4,7-8H2,1H3,(H,20,21,23). The SMILES string of the molecule is CCOc1ccc2nc(NC(=O)Cc3csc(N4CCCC4=O)n3)sc2c1. The predicted octanol–water partition coefficient (Wildman–Crippen LogP) is 3.46. The molecular formula is C18H18N4O3S2. The Hall–Kier alpha value is -2.52. The van der Waals surface area contributed by atoms with Crippen LogP contribution in [0.4, 0.5) is 10.3 Å². The van der Waals surface area contributed by atoms with E-state index in [9.17, 15) is 9.59 Å². The molecule has 0 saturated carbocycles. The maximum Gasteiger partial charge on any atom is 0.232 e. The summed E-state index contributed by atoms with van der Waals surface area (Å²) in [5, 5.41) is 5.88. The lowest BCUT2D eigenvalue weighted by molar-refractivity contribution is -0.117. The summed E-state index contributed by atoms with van der Waals surface area (Å²) in [6.45, 7) is 3.24. The first-order valence-corrected chi connectivity index (χ1v) is 10.4. The summed E-state index contributed by atoms with van der Waals surface area (Å²) in [5.74, 6) is 0.711. The third-order valence-electron chi connectivity index (χ3n) is 4.10. The number of nitrogens with zero attached hydrogens (tertiary/aromatic N) is 3. The first-order chi connectivity index (χ1) is 13.1. The maximum absolute atomic E-state index is 12.3. The maximum atomic E-state index is 12.3. The van der Waals surface area contributed by atoms with Gasteiger partial charge in [-0.2, -0.15) is 0 Å². The largest absolute Gasteiger partial charge is 0.494 e. The quantitative estimate of drug-likeness (QED) is 0.683. The van der Waals surface area contributed by atoms with E-state index in [4.69, 9.17) is 4.74 Å². The molecule has 1 aliphatic heterocycles. The molecule has 7 nitrogen and oxygen atoms in total. The summed E-state index contributed by atoms with van der Waals surface area (Å²) in [6.07, 6.45) is 1.58. The van der Waals surface area contributed by atoms with Gasteiger partial charge in [0, 0.05) is 18.3 Å². The second-order valence-corrected chi connectivity index (χ2v) is 7.94. The number of benzene rings is 1. The van der Waals surface area contributed by atoms with Gasteiger partial charge in [0.05, 0.1) is 28.9 Å². The summed E-state index contributed by atoms with van der Waals surface area (Å²) in [6, 6.07) is 5.67. The van der Waals surface area contributed by atoms with E-state index in [1.54, 1.807) is 4.90 Å². The van der Waals surface area contributed by atoms with Gasteiger partial charge in [-0.05, 0) is 31.5 Å². The van der Waals surface area contributed by atoms with Gasteiger partial charge in [0.15, 0.2) is 10.3 Å². The van der Waals surface area contributed by atoms with Crippen LogP contribution in [-0.2, 0) is 16.0 Å². The molecule has 0 radical (unpaired) electrons. The summed E-state index contributed by atoms with van der Waals surface area (Å²) < 4.78 is 6.45. The van der Waals surface area contributed by atoms with Gasteiger partial charge < -0.3 is 10.1 Å². The van der Waals surface area contributed by atoms with Gasteiger partial charge in [-0.3, -0.25) is 14.5 Å². The number of ether oxygens (including phenoxy) is 1. The van der Waals surface area contributed by atoms with E-state index in [1.165, 1.54) is 22.7 Å². The van der Waals surface area contributed by atoms with E-state index >= 15 is 0 Å². The number of anilines is 2. The smallest absolute Gasteiger partial charge is 0.232 e. The topological polar surface area (TPSA) is 84.4 Å². The van der Waals surface area contributed by atoms with Crippen LogP contribution in [0.2, 0.25) is 0 Å². The molecule has 0 unspecified atom stereocenters. The molecule has 0 bridgehead atoms. The number of carbonyl (C=O) groups excluding carboxylic acids is 2. The number of nitrogens with one attached hydrogen (secondary N) is 1. The van der Waals surface area contributed by atoms with E-state index in [1.807, 2.05) is 30.5 Å². The van der Waals surface area contributed by atoms with Gasteiger partial charge in [0.2, 0.25) is 11.8 Å². The van der Waals surface area contributed by atoms with Crippen molar-refractivity contribution >= 4 is 55.0 Å². The van der Waals surface area contributed by atoms with Crippen molar-refractivity contribution in [3.05, 3.63) is 29.3 Å². The lowest BCUT2D eigenvalue weighted by Crippen LogP contribution is -2.23. The summed E-state index contributed by atoms with van der Waals surface area (Å²) in [7, 11) is 0. The van der Waals surface area contributed by atoms with Crippen LogP contribution in [0.3, 0.4) is 0 Å². The summed E-state index contributed by atoms with van der Waals surface area (Å²) >= 11 is 2.80. The van der Waals surface area contributed by atoms with Crippen LogP contribution in [0.5, 0.6) is 5.75 Å². The molecule has 3 heterocycles. The Balaban J connectivity index is 1.41. The van der Waals surface area contributed by atoms with E-state index in [0.29, 0.717) is 35.5 Å². The van der Waals surface area contributed by atoms with Crippen molar-refractivity contribution in [1.82, 2.24) is 9.97 Å². The van der Waals surface area contributed by atoms with Crippen LogP contribution in [0.1, 0.15) is 25.5 Å². The Bertz CT molecular complexity index is 998. The van der Waals surface area contributed by atoms with Gasteiger partial charge in [0.1, 0.15) is 5.75 Å². The molecule has 0 aliphatic carbocycles. The molecule has 140 valence electrons. The number of aromatic nitrogens is 2. The average molecular weight is 403 g/mol. The third kappa shape index (κ3) is 3.93. The van der Waals surface area contributed by atoms with Gasteiger partial charge in [0.25, 0.3) is 0 Å². The molecule has 2 amide bonds. The fraction of sp³-hybridized carbons (Fsp3) is 0.333. The van der Waals surface area contributed by atoms with Crippen LogP contribution in [0, 0.1) is 0 Å². The zero-order valence-corrected chi connectivity index (χ0v) is 16.4. The second-order valence-electron chi connectivity index (χ2n) is 6.08. The van der Waals surface area contributed by atoms with E-state index in [-0.39, 0.29) is 18.2 Å². The Morgan fingerprint density at radius 3 is 3.04 bits per heavy atom. The summed E-state index contributed by atoms with van der Waals surface area (Å²) in [5.41, 5.74) is 1.48. The van der Waals surface area contributed by atoms with Crippen LogP contribution in [-0.4, -0.2) is 34.9 Å². The van der Waals surface area contributed by atoms with Gasteiger partial charge >= 0.3 is 0 Å². The molecule has 1 aliphatic rings. The van der Waals surface area contributed by atoms with Crippen LogP contribution < -0.4 is 15.0 Å². The van der Waals surface area contributed by atoms with Gasteiger partial charge in [-0.15, -0.1) is 11.3 Å². The van der Waals surface area contributed by atoms with Crippen molar-refractivity contribution < 1.29 is 14.3 Å². The second kappa shape index (κ2) is 7.61. The molecule has 1 N–H and O–H groups in total. The van der Waals surface area contributed by atoms with Gasteiger partial charge in [-0.25, -0.2) is 9.97 Å². The number of thiazole rings is 2. The molecule has 1 fully saturated rings. The molecule has 3 aromatic rings. The number of hydrogen-bond acceptors (Lipinski definition) is 7. The molecule has 4 rings (SSSR count). The Labute approximate surface area is 164 Å². The van der Waals surface area contributed by atoms with Crippen LogP contribution in [0.25, 0.3) is 10.2 Å². The highest BCUT2D eigenvalue weighted by Gasteiger charge is 2.24. The molecule has 1 aromatic carbocycles. The highest BCUT2D eigenvalue weighted by Crippen LogP contribution is 2.30. The Kier molecular flexibility index (Phi) is 5.04. The molecule has 27 heavy (non-hydrogen) atoms. The van der Waals surface area contributed by atoms with Crippen LogP contribution in [0.15, 0.2) is 23.6 Å². The lowest BCUT2D eigenvalue weighted by Gasteiger charge is -2.10. The van der Waals surface area contributed by atoms with Crippen molar-refractivity contribution in [3.63, 3.8) is 0 Å².